The fourth-order valence-corrected chi connectivity index (χ4v) is 5.16. The molecule has 2 amide bonds. The van der Waals surface area contributed by atoms with Crippen LogP contribution in [0.25, 0.3) is 22.0 Å². The third kappa shape index (κ3) is 5.42. The van der Waals surface area contributed by atoms with E-state index in [1.165, 1.54) is 4.90 Å². The Labute approximate surface area is 224 Å². The lowest BCUT2D eigenvalue weighted by Gasteiger charge is -2.35. The van der Waals surface area contributed by atoms with Crippen LogP contribution in [0.1, 0.15) is 43.7 Å². The van der Waals surface area contributed by atoms with Gasteiger partial charge in [0.25, 0.3) is 5.91 Å². The number of aliphatic hydroxyl groups is 1. The molecule has 1 N–H and O–H groups in total. The number of aromatic nitrogens is 1. The summed E-state index contributed by atoms with van der Waals surface area (Å²) in [6.45, 7) is 8.32. The lowest BCUT2D eigenvalue weighted by Crippen LogP contribution is -2.48. The standard InChI is InChI=1S/C30H39N3O5/c1-19(2)38-30(36)31(5)16-26-20(3)15-33(21(4)17-34)29(35)28-27(23-12-8-7-11-22(23)18-37-26)24-13-9-10-14-25(24)32(28)6/h7-14,19-21,26,34H,15-18H2,1-6H3/t20-,21+,26+/m0/s1. The highest BCUT2D eigenvalue weighted by Crippen LogP contribution is 2.38. The van der Waals surface area contributed by atoms with Crippen LogP contribution in [0, 0.1) is 5.92 Å². The molecule has 2 aromatic carbocycles. The monoisotopic (exact) mass is 521 g/mol. The summed E-state index contributed by atoms with van der Waals surface area (Å²) in [5, 5.41) is 11.1. The number of carbonyl (C=O) groups excluding carboxylic acids is 2. The Hall–Kier alpha value is -3.36. The molecule has 0 aliphatic carbocycles. The number of rotatable bonds is 5. The summed E-state index contributed by atoms with van der Waals surface area (Å²) >= 11 is 0. The van der Waals surface area contributed by atoms with Crippen molar-refractivity contribution in [2.45, 2.75) is 52.6 Å². The second-order valence-electron chi connectivity index (χ2n) is 10.6. The molecular weight excluding hydrogens is 482 g/mol. The minimum absolute atomic E-state index is 0.134. The highest BCUT2D eigenvalue weighted by Gasteiger charge is 2.34. The molecule has 0 bridgehead atoms. The number of carbonyl (C=O) groups is 2. The van der Waals surface area contributed by atoms with Crippen molar-refractivity contribution >= 4 is 22.9 Å². The zero-order valence-electron chi connectivity index (χ0n) is 23.2. The maximum absolute atomic E-state index is 14.3. The maximum atomic E-state index is 14.3. The fourth-order valence-electron chi connectivity index (χ4n) is 5.16. The van der Waals surface area contributed by atoms with Crippen LogP contribution in [0.5, 0.6) is 0 Å². The average molecular weight is 522 g/mol. The van der Waals surface area contributed by atoms with Crippen LogP contribution in [0.3, 0.4) is 0 Å². The van der Waals surface area contributed by atoms with E-state index >= 15 is 0 Å². The fraction of sp³-hybridized carbons (Fsp3) is 0.467. The van der Waals surface area contributed by atoms with E-state index in [1.54, 1.807) is 11.9 Å². The number of fused-ring (bicyclic) bond motifs is 5. The number of nitrogens with zero attached hydrogens (tertiary/aromatic N) is 3. The van der Waals surface area contributed by atoms with Gasteiger partial charge < -0.3 is 28.9 Å². The van der Waals surface area contributed by atoms with Gasteiger partial charge in [-0.2, -0.15) is 0 Å². The SMILES string of the molecule is CC(C)OC(=O)N(C)C[C@H]1OCc2ccccc2-c2c(n(C)c3ccccc23)C(=O)N([C@H](C)CO)C[C@@H]1C. The minimum atomic E-state index is -0.416. The smallest absolute Gasteiger partial charge is 0.409 e. The number of aryl methyl sites for hydroxylation is 1. The third-order valence-corrected chi connectivity index (χ3v) is 7.33. The van der Waals surface area contributed by atoms with Crippen molar-refractivity contribution in [1.82, 2.24) is 14.4 Å². The molecule has 3 atom stereocenters. The Balaban J connectivity index is 1.84. The van der Waals surface area contributed by atoms with Crippen LogP contribution in [-0.2, 0) is 23.1 Å². The molecule has 1 aromatic heterocycles. The van der Waals surface area contributed by atoms with Crippen LogP contribution in [-0.4, -0.2) is 76.5 Å². The van der Waals surface area contributed by atoms with Gasteiger partial charge >= 0.3 is 6.09 Å². The van der Waals surface area contributed by atoms with Gasteiger partial charge in [0.1, 0.15) is 5.69 Å². The van der Waals surface area contributed by atoms with Crippen LogP contribution in [0.2, 0.25) is 0 Å². The van der Waals surface area contributed by atoms with Gasteiger partial charge in [-0.1, -0.05) is 49.4 Å². The van der Waals surface area contributed by atoms with Gasteiger partial charge in [-0.15, -0.1) is 0 Å². The molecule has 0 saturated heterocycles. The van der Waals surface area contributed by atoms with E-state index in [-0.39, 0.29) is 30.6 Å². The Kier molecular flexibility index (Phi) is 8.43. The quantitative estimate of drug-likeness (QED) is 0.527. The molecule has 1 aliphatic rings. The largest absolute Gasteiger partial charge is 0.447 e. The summed E-state index contributed by atoms with van der Waals surface area (Å²) in [4.78, 5) is 30.2. The predicted molar refractivity (Wildman–Crippen MR) is 148 cm³/mol. The lowest BCUT2D eigenvalue weighted by atomic mass is 9.96. The van der Waals surface area contributed by atoms with E-state index < -0.39 is 12.1 Å². The average Bonchev–Trinajstić information content (AvgIpc) is 3.19. The van der Waals surface area contributed by atoms with Gasteiger partial charge in [-0.3, -0.25) is 4.79 Å². The Morgan fingerprint density at radius 1 is 1.16 bits per heavy atom. The van der Waals surface area contributed by atoms with Gasteiger partial charge in [-0.05, 0) is 38.0 Å². The first-order valence-electron chi connectivity index (χ1n) is 13.2. The molecule has 8 nitrogen and oxygen atoms in total. The predicted octanol–water partition coefficient (Wildman–Crippen LogP) is 4.68. The second kappa shape index (κ2) is 11.6. The number of aliphatic hydroxyl groups excluding tert-OH is 1. The summed E-state index contributed by atoms with van der Waals surface area (Å²) < 4.78 is 13.8. The molecule has 204 valence electrons. The Morgan fingerprint density at radius 2 is 1.84 bits per heavy atom. The summed E-state index contributed by atoms with van der Waals surface area (Å²) in [5.41, 5.74) is 4.32. The van der Waals surface area contributed by atoms with Crippen LogP contribution >= 0.6 is 0 Å². The van der Waals surface area contributed by atoms with Crippen LogP contribution < -0.4 is 0 Å². The van der Waals surface area contributed by atoms with Gasteiger partial charge in [0.05, 0.1) is 38.0 Å². The van der Waals surface area contributed by atoms with Gasteiger partial charge in [0, 0.05) is 43.0 Å². The first-order valence-corrected chi connectivity index (χ1v) is 13.2. The van der Waals surface area contributed by atoms with Crippen molar-refractivity contribution in [1.29, 1.82) is 0 Å². The summed E-state index contributed by atoms with van der Waals surface area (Å²) in [6.07, 6.45) is -1.01. The summed E-state index contributed by atoms with van der Waals surface area (Å²) in [7, 11) is 3.61. The van der Waals surface area contributed by atoms with Crippen molar-refractivity contribution in [2.75, 3.05) is 26.7 Å². The first-order chi connectivity index (χ1) is 18.1. The molecule has 3 aromatic rings. The highest BCUT2D eigenvalue weighted by atomic mass is 16.6. The van der Waals surface area contributed by atoms with Crippen LogP contribution in [0.4, 0.5) is 4.79 Å². The number of ether oxygens (including phenoxy) is 2. The molecule has 0 fully saturated rings. The normalized spacial score (nSPS) is 19.1. The molecule has 0 saturated carbocycles. The van der Waals surface area contributed by atoms with E-state index in [2.05, 4.69) is 0 Å². The zero-order chi connectivity index (χ0) is 27.6. The Bertz CT molecular complexity index is 1300. The number of para-hydroxylation sites is 1. The lowest BCUT2D eigenvalue weighted by molar-refractivity contribution is -0.0246. The topological polar surface area (TPSA) is 84.2 Å². The van der Waals surface area contributed by atoms with Crippen molar-refractivity contribution < 1.29 is 24.2 Å². The maximum Gasteiger partial charge on any atom is 0.409 e. The molecule has 8 heteroatoms. The molecule has 1 aliphatic heterocycles. The molecule has 2 heterocycles. The van der Waals surface area contributed by atoms with Gasteiger partial charge in [0.2, 0.25) is 0 Å². The first kappa shape index (κ1) is 27.7. The molecule has 4 rings (SSSR count). The molecule has 0 spiro atoms. The number of amides is 2. The van der Waals surface area contributed by atoms with E-state index in [0.717, 1.165) is 27.6 Å². The zero-order valence-corrected chi connectivity index (χ0v) is 23.2. The van der Waals surface area contributed by atoms with Gasteiger partial charge in [-0.25, -0.2) is 4.79 Å². The molecular formula is C30H39N3O5. The number of hydrogen-bond acceptors (Lipinski definition) is 5. The number of benzene rings is 2. The van der Waals surface area contributed by atoms with E-state index in [0.29, 0.717) is 25.4 Å². The number of hydrogen-bond donors (Lipinski definition) is 1. The Morgan fingerprint density at radius 3 is 2.55 bits per heavy atom. The van der Waals surface area contributed by atoms with E-state index in [9.17, 15) is 14.7 Å². The second-order valence-corrected chi connectivity index (χ2v) is 10.6. The molecule has 0 radical (unpaired) electrons. The number of likely N-dealkylation sites (N-methyl/N-ethyl adjacent to an activating group) is 1. The van der Waals surface area contributed by atoms with Crippen LogP contribution in [0.15, 0.2) is 48.5 Å². The van der Waals surface area contributed by atoms with Gasteiger partial charge in [0.15, 0.2) is 0 Å². The van der Waals surface area contributed by atoms with E-state index in [4.69, 9.17) is 9.47 Å². The minimum Gasteiger partial charge on any atom is -0.447 e. The summed E-state index contributed by atoms with van der Waals surface area (Å²) in [6, 6.07) is 15.6. The molecule has 0 unspecified atom stereocenters. The van der Waals surface area contributed by atoms with E-state index in [1.807, 2.05) is 87.8 Å². The van der Waals surface area contributed by atoms with Crippen molar-refractivity contribution in [3.8, 4) is 11.1 Å². The third-order valence-electron chi connectivity index (χ3n) is 7.33. The van der Waals surface area contributed by atoms with Crippen molar-refractivity contribution in [3.05, 3.63) is 59.8 Å². The molecule has 38 heavy (non-hydrogen) atoms. The highest BCUT2D eigenvalue weighted by molar-refractivity contribution is 6.10. The summed E-state index contributed by atoms with van der Waals surface area (Å²) in [5.74, 6) is -0.277. The van der Waals surface area contributed by atoms with Crippen molar-refractivity contribution in [3.63, 3.8) is 0 Å². The van der Waals surface area contributed by atoms with Crippen molar-refractivity contribution in [2.24, 2.45) is 13.0 Å².